The van der Waals surface area contributed by atoms with E-state index in [0.29, 0.717) is 11.6 Å². The number of nitrogen functional groups attached to an aromatic ring is 1. The van der Waals surface area contributed by atoms with E-state index in [1.807, 2.05) is 32.9 Å². The van der Waals surface area contributed by atoms with Crippen molar-refractivity contribution < 1.29 is 0 Å². The molecule has 0 saturated carbocycles. The number of nitrogens with two attached hydrogens (primary N) is 1. The van der Waals surface area contributed by atoms with Gasteiger partial charge in [-0.25, -0.2) is 15.0 Å². The first-order valence-electron chi connectivity index (χ1n) is 5.78. The number of rotatable bonds is 2. The van der Waals surface area contributed by atoms with Gasteiger partial charge in [0.15, 0.2) is 5.82 Å². The molecular weight excluding hydrogens is 292 g/mol. The van der Waals surface area contributed by atoms with Gasteiger partial charge >= 0.3 is 0 Å². The van der Waals surface area contributed by atoms with Gasteiger partial charge in [-0.05, 0) is 53.9 Å². The maximum Gasteiger partial charge on any atom is 0.180 e. The number of nitrogens with zero attached hydrogens (tertiary/aromatic N) is 3. The number of halogens is 1. The number of aromatic nitrogens is 3. The summed E-state index contributed by atoms with van der Waals surface area (Å²) in [5.41, 5.74) is 9.64. The third-order valence-corrected chi connectivity index (χ3v) is 3.47. The third kappa shape index (κ3) is 2.51. The van der Waals surface area contributed by atoms with Crippen molar-refractivity contribution in [2.45, 2.75) is 27.2 Å². The van der Waals surface area contributed by atoms with Gasteiger partial charge < -0.3 is 5.73 Å². The van der Waals surface area contributed by atoms with Crippen LogP contribution in [0.4, 0.5) is 5.82 Å². The smallest absolute Gasteiger partial charge is 0.180 e. The lowest BCUT2D eigenvalue weighted by Gasteiger charge is -2.08. The molecular formula is C13H15BrN4. The Morgan fingerprint density at radius 1 is 1.17 bits per heavy atom. The van der Waals surface area contributed by atoms with Gasteiger partial charge in [-0.2, -0.15) is 0 Å². The Morgan fingerprint density at radius 2 is 1.89 bits per heavy atom. The van der Waals surface area contributed by atoms with Crippen LogP contribution in [-0.4, -0.2) is 15.0 Å². The molecule has 4 nitrogen and oxygen atoms in total. The van der Waals surface area contributed by atoms with E-state index >= 15 is 0 Å². The molecule has 0 amide bonds. The minimum atomic E-state index is 0.456. The molecule has 0 spiro atoms. The zero-order valence-corrected chi connectivity index (χ0v) is 12.2. The first-order chi connectivity index (χ1) is 8.51. The van der Waals surface area contributed by atoms with Gasteiger partial charge in [-0.15, -0.1) is 0 Å². The molecule has 2 N–H and O–H groups in total. The molecule has 2 heterocycles. The van der Waals surface area contributed by atoms with Crippen LogP contribution < -0.4 is 5.73 Å². The molecule has 0 aliphatic carbocycles. The summed E-state index contributed by atoms with van der Waals surface area (Å²) < 4.78 is 0.776. The fourth-order valence-corrected chi connectivity index (χ4v) is 2.28. The van der Waals surface area contributed by atoms with Crippen molar-refractivity contribution in [2.75, 3.05) is 5.73 Å². The highest BCUT2D eigenvalue weighted by Crippen LogP contribution is 2.25. The molecule has 2 aromatic rings. The third-order valence-electron chi connectivity index (χ3n) is 2.61. The number of pyridine rings is 1. The van der Waals surface area contributed by atoms with Crippen molar-refractivity contribution in [3.05, 3.63) is 33.6 Å². The van der Waals surface area contributed by atoms with E-state index in [9.17, 15) is 0 Å². The largest absolute Gasteiger partial charge is 0.383 e. The topological polar surface area (TPSA) is 64.7 Å². The molecule has 0 aliphatic heterocycles. The molecule has 0 fully saturated rings. The molecule has 0 aromatic carbocycles. The van der Waals surface area contributed by atoms with E-state index in [1.165, 1.54) is 0 Å². The predicted molar refractivity (Wildman–Crippen MR) is 76.2 cm³/mol. The monoisotopic (exact) mass is 306 g/mol. The highest BCUT2D eigenvalue weighted by atomic mass is 79.9. The molecule has 0 atom stereocenters. The first-order valence-corrected chi connectivity index (χ1v) is 6.58. The van der Waals surface area contributed by atoms with Crippen molar-refractivity contribution in [2.24, 2.45) is 0 Å². The Kier molecular flexibility index (Phi) is 3.61. The summed E-state index contributed by atoms with van der Waals surface area (Å²) in [5.74, 6) is 1.04. The fourth-order valence-electron chi connectivity index (χ4n) is 1.82. The molecule has 0 radical (unpaired) electrons. The maximum absolute atomic E-state index is 5.88. The Morgan fingerprint density at radius 3 is 2.50 bits per heavy atom. The molecule has 0 saturated heterocycles. The summed E-state index contributed by atoms with van der Waals surface area (Å²) in [6.45, 7) is 6.02. The standard InChI is InChI=1S/C13H15BrN4/c1-4-9-11(14)12(15)18-13(17-9)10-6-7(2)5-8(3)16-10/h5-6H,4H2,1-3H3,(H2,15,17,18). The average molecular weight is 307 g/mol. The van der Waals surface area contributed by atoms with Crippen molar-refractivity contribution in [1.82, 2.24) is 15.0 Å². The average Bonchev–Trinajstić information content (AvgIpc) is 2.31. The molecule has 0 unspecified atom stereocenters. The highest BCUT2D eigenvalue weighted by Gasteiger charge is 2.11. The lowest BCUT2D eigenvalue weighted by Crippen LogP contribution is -2.03. The Hall–Kier alpha value is -1.49. The second-order valence-electron chi connectivity index (χ2n) is 4.22. The zero-order valence-electron chi connectivity index (χ0n) is 10.7. The van der Waals surface area contributed by atoms with E-state index in [4.69, 9.17) is 5.73 Å². The van der Waals surface area contributed by atoms with Crippen molar-refractivity contribution in [1.29, 1.82) is 0 Å². The van der Waals surface area contributed by atoms with Crippen LogP contribution in [0.5, 0.6) is 0 Å². The van der Waals surface area contributed by atoms with Crippen molar-refractivity contribution in [3.63, 3.8) is 0 Å². The van der Waals surface area contributed by atoms with Gasteiger partial charge in [0, 0.05) is 5.69 Å². The zero-order chi connectivity index (χ0) is 13.3. The molecule has 0 bridgehead atoms. The molecule has 94 valence electrons. The quantitative estimate of drug-likeness (QED) is 0.926. The van der Waals surface area contributed by atoms with Gasteiger partial charge in [-0.1, -0.05) is 6.92 Å². The van der Waals surface area contributed by atoms with E-state index < -0.39 is 0 Å². The fraction of sp³-hybridized carbons (Fsp3) is 0.308. The predicted octanol–water partition coefficient (Wildman–Crippen LogP) is 3.06. The highest BCUT2D eigenvalue weighted by molar-refractivity contribution is 9.10. The van der Waals surface area contributed by atoms with Crippen LogP contribution in [0.3, 0.4) is 0 Å². The summed E-state index contributed by atoms with van der Waals surface area (Å²) in [6, 6.07) is 3.99. The van der Waals surface area contributed by atoms with Gasteiger partial charge in [0.2, 0.25) is 0 Å². The van der Waals surface area contributed by atoms with Crippen LogP contribution in [0.2, 0.25) is 0 Å². The Labute approximate surface area is 115 Å². The summed E-state index contributed by atoms with van der Waals surface area (Å²) >= 11 is 3.41. The summed E-state index contributed by atoms with van der Waals surface area (Å²) in [7, 11) is 0. The molecule has 2 aromatic heterocycles. The Balaban J connectivity index is 2.60. The van der Waals surface area contributed by atoms with Crippen LogP contribution in [0, 0.1) is 13.8 Å². The van der Waals surface area contributed by atoms with Gasteiger partial charge in [0.05, 0.1) is 10.2 Å². The number of hydrogen-bond acceptors (Lipinski definition) is 4. The van der Waals surface area contributed by atoms with E-state index in [2.05, 4.69) is 30.9 Å². The summed E-state index contributed by atoms with van der Waals surface area (Å²) in [6.07, 6.45) is 0.797. The number of hydrogen-bond donors (Lipinski definition) is 1. The second kappa shape index (κ2) is 5.02. The SMILES string of the molecule is CCc1nc(-c2cc(C)cc(C)n2)nc(N)c1Br. The molecule has 5 heteroatoms. The number of anilines is 1. The van der Waals surface area contributed by atoms with Gasteiger partial charge in [0.1, 0.15) is 11.5 Å². The lowest BCUT2D eigenvalue weighted by molar-refractivity contribution is 0.985. The van der Waals surface area contributed by atoms with Crippen LogP contribution in [0.1, 0.15) is 23.9 Å². The van der Waals surface area contributed by atoms with Gasteiger partial charge in [0.25, 0.3) is 0 Å². The van der Waals surface area contributed by atoms with Crippen LogP contribution in [-0.2, 0) is 6.42 Å². The van der Waals surface area contributed by atoms with E-state index in [0.717, 1.165) is 33.5 Å². The summed E-state index contributed by atoms with van der Waals surface area (Å²) in [5, 5.41) is 0. The molecule has 0 aliphatic rings. The van der Waals surface area contributed by atoms with Crippen LogP contribution in [0.25, 0.3) is 11.5 Å². The Bertz CT molecular complexity index is 576. The van der Waals surface area contributed by atoms with E-state index in [-0.39, 0.29) is 0 Å². The second-order valence-corrected chi connectivity index (χ2v) is 5.01. The van der Waals surface area contributed by atoms with Gasteiger partial charge in [-0.3, -0.25) is 0 Å². The molecule has 18 heavy (non-hydrogen) atoms. The van der Waals surface area contributed by atoms with E-state index in [1.54, 1.807) is 0 Å². The minimum Gasteiger partial charge on any atom is -0.383 e. The van der Waals surface area contributed by atoms with Crippen LogP contribution in [0.15, 0.2) is 16.6 Å². The minimum absolute atomic E-state index is 0.456. The summed E-state index contributed by atoms with van der Waals surface area (Å²) in [4.78, 5) is 13.2. The maximum atomic E-state index is 5.88. The van der Waals surface area contributed by atoms with Crippen molar-refractivity contribution >= 4 is 21.7 Å². The van der Waals surface area contributed by atoms with Crippen molar-refractivity contribution in [3.8, 4) is 11.5 Å². The lowest BCUT2D eigenvalue weighted by atomic mass is 10.2. The van der Waals surface area contributed by atoms with Crippen LogP contribution >= 0.6 is 15.9 Å². The number of aryl methyl sites for hydroxylation is 3. The normalized spacial score (nSPS) is 10.7. The molecule has 2 rings (SSSR count). The first kappa shape index (κ1) is 13.0.